The zero-order valence-corrected chi connectivity index (χ0v) is 12.5. The first-order chi connectivity index (χ1) is 11.1. The molecule has 118 valence electrons. The topological polar surface area (TPSA) is 88.3 Å². The van der Waals surface area contributed by atoms with E-state index in [2.05, 4.69) is 4.98 Å². The maximum Gasteiger partial charge on any atom is 0.305 e. The monoisotopic (exact) mass is 310 g/mol. The molecule has 2 aromatic carbocycles. The van der Waals surface area contributed by atoms with Gasteiger partial charge in [0.1, 0.15) is 12.4 Å². The summed E-state index contributed by atoms with van der Waals surface area (Å²) in [5.74, 6) is -0.224. The first-order valence-corrected chi connectivity index (χ1v) is 7.39. The van der Waals surface area contributed by atoms with Crippen LogP contribution in [0.2, 0.25) is 0 Å². The quantitative estimate of drug-likeness (QED) is 0.652. The van der Waals surface area contributed by atoms with E-state index in [-0.39, 0.29) is 6.42 Å². The molecular formula is C18H18N2O3. The number of benzene rings is 2. The molecule has 0 saturated carbocycles. The van der Waals surface area contributed by atoms with Gasteiger partial charge in [-0.2, -0.15) is 0 Å². The Bertz CT molecular complexity index is 812. The smallest absolute Gasteiger partial charge is 0.305 e. The zero-order valence-electron chi connectivity index (χ0n) is 12.5. The summed E-state index contributed by atoms with van der Waals surface area (Å²) < 4.78 is 5.94. The molecule has 0 bridgehead atoms. The summed E-state index contributed by atoms with van der Waals surface area (Å²) in [6.07, 6.45) is 1.63. The summed E-state index contributed by atoms with van der Waals surface area (Å²) in [7, 11) is 0. The second-order valence-electron chi connectivity index (χ2n) is 5.40. The summed E-state index contributed by atoms with van der Waals surface area (Å²) >= 11 is 0. The molecule has 1 heterocycles. The van der Waals surface area contributed by atoms with E-state index in [0.717, 1.165) is 22.0 Å². The van der Waals surface area contributed by atoms with Gasteiger partial charge < -0.3 is 20.6 Å². The summed E-state index contributed by atoms with van der Waals surface area (Å²) in [5.41, 5.74) is 8.73. The van der Waals surface area contributed by atoms with Crippen LogP contribution in [0.5, 0.6) is 5.75 Å². The average Bonchev–Trinajstić information content (AvgIpc) is 2.98. The van der Waals surface area contributed by atoms with Crippen molar-refractivity contribution in [3.8, 4) is 5.75 Å². The highest BCUT2D eigenvalue weighted by Crippen LogP contribution is 2.33. The van der Waals surface area contributed by atoms with Gasteiger partial charge in [0.2, 0.25) is 0 Å². The van der Waals surface area contributed by atoms with Gasteiger partial charge in [0.15, 0.2) is 0 Å². The Hall–Kier alpha value is -2.79. The average molecular weight is 310 g/mol. The van der Waals surface area contributed by atoms with E-state index in [1.165, 1.54) is 0 Å². The molecule has 0 spiro atoms. The van der Waals surface area contributed by atoms with Gasteiger partial charge in [-0.15, -0.1) is 0 Å². The highest BCUT2D eigenvalue weighted by atomic mass is 16.5. The fourth-order valence-corrected chi connectivity index (χ4v) is 2.62. The second-order valence-corrected chi connectivity index (χ2v) is 5.40. The zero-order chi connectivity index (χ0) is 16.2. The number of nitrogens with two attached hydrogens (primary N) is 1. The molecule has 3 rings (SSSR count). The number of hydrogen-bond acceptors (Lipinski definition) is 3. The first kappa shape index (κ1) is 15.1. The maximum absolute atomic E-state index is 10.9. The number of ether oxygens (including phenoxy) is 1. The van der Waals surface area contributed by atoms with Gasteiger partial charge in [-0.1, -0.05) is 36.4 Å². The molecule has 0 aliphatic carbocycles. The van der Waals surface area contributed by atoms with Crippen LogP contribution in [0.3, 0.4) is 0 Å². The van der Waals surface area contributed by atoms with E-state index in [1.54, 1.807) is 6.20 Å². The molecule has 0 radical (unpaired) electrons. The van der Waals surface area contributed by atoms with Gasteiger partial charge in [-0.25, -0.2) is 0 Å². The van der Waals surface area contributed by atoms with Gasteiger partial charge in [0.05, 0.1) is 6.42 Å². The third-order valence-electron chi connectivity index (χ3n) is 3.73. The maximum atomic E-state index is 10.9. The van der Waals surface area contributed by atoms with Gasteiger partial charge in [-0.05, 0) is 23.3 Å². The van der Waals surface area contributed by atoms with Crippen molar-refractivity contribution >= 4 is 16.9 Å². The lowest BCUT2D eigenvalue weighted by atomic mass is 10.0. The van der Waals surface area contributed by atoms with Crippen molar-refractivity contribution in [1.82, 2.24) is 4.98 Å². The molecule has 5 heteroatoms. The van der Waals surface area contributed by atoms with Crippen LogP contribution in [0.4, 0.5) is 0 Å². The molecule has 23 heavy (non-hydrogen) atoms. The Kier molecular flexibility index (Phi) is 4.30. The van der Waals surface area contributed by atoms with E-state index in [4.69, 9.17) is 15.6 Å². The molecule has 3 aromatic rings. The van der Waals surface area contributed by atoms with Crippen molar-refractivity contribution in [2.24, 2.45) is 5.73 Å². The molecule has 0 aliphatic rings. The van der Waals surface area contributed by atoms with Crippen LogP contribution in [0.25, 0.3) is 10.9 Å². The Balaban J connectivity index is 1.90. The third-order valence-corrected chi connectivity index (χ3v) is 3.73. The standard InChI is InChI=1S/C18H18N2O3/c19-14(9-17(21)22)13-10-20-15-7-4-8-16(18(13)15)23-11-12-5-2-1-3-6-12/h1-8,10,14,20H,9,11,19H2,(H,21,22). The summed E-state index contributed by atoms with van der Waals surface area (Å²) in [6.45, 7) is 0.443. The van der Waals surface area contributed by atoms with Gasteiger partial charge in [0, 0.05) is 23.1 Å². The molecule has 1 unspecified atom stereocenters. The van der Waals surface area contributed by atoms with E-state index >= 15 is 0 Å². The van der Waals surface area contributed by atoms with Crippen molar-refractivity contribution < 1.29 is 14.6 Å². The van der Waals surface area contributed by atoms with E-state index < -0.39 is 12.0 Å². The number of carboxylic acids is 1. The summed E-state index contributed by atoms with van der Waals surface area (Å²) in [4.78, 5) is 14.0. The van der Waals surface area contributed by atoms with Gasteiger partial charge in [0.25, 0.3) is 0 Å². The Morgan fingerprint density at radius 2 is 1.96 bits per heavy atom. The number of aliphatic carboxylic acids is 1. The molecule has 0 amide bonds. The summed E-state index contributed by atoms with van der Waals surface area (Å²) in [5, 5.41) is 9.80. The molecule has 4 N–H and O–H groups in total. The van der Waals surface area contributed by atoms with Gasteiger partial charge in [-0.3, -0.25) is 4.79 Å². The van der Waals surface area contributed by atoms with Crippen LogP contribution >= 0.6 is 0 Å². The van der Waals surface area contributed by atoms with Crippen LogP contribution in [0, 0.1) is 0 Å². The lowest BCUT2D eigenvalue weighted by molar-refractivity contribution is -0.137. The molecule has 5 nitrogen and oxygen atoms in total. The second kappa shape index (κ2) is 6.54. The SMILES string of the molecule is NC(CC(=O)O)c1c[nH]c2cccc(OCc3ccccc3)c12. The van der Waals surface area contributed by atoms with E-state index in [9.17, 15) is 4.79 Å². The predicted molar refractivity (Wildman–Crippen MR) is 88.3 cm³/mol. The lowest BCUT2D eigenvalue weighted by Gasteiger charge is -2.12. The minimum absolute atomic E-state index is 0.125. The molecule has 1 atom stereocenters. The number of aromatic amines is 1. The predicted octanol–water partition coefficient (Wildman–Crippen LogP) is 3.22. The largest absolute Gasteiger partial charge is 0.488 e. The minimum atomic E-state index is -0.922. The number of fused-ring (bicyclic) bond motifs is 1. The fraction of sp³-hybridized carbons (Fsp3) is 0.167. The number of carboxylic acid groups (broad SMARTS) is 1. The van der Waals surface area contributed by atoms with Crippen LogP contribution in [-0.2, 0) is 11.4 Å². The number of hydrogen-bond donors (Lipinski definition) is 3. The third kappa shape index (κ3) is 3.35. The molecule has 0 saturated heterocycles. The first-order valence-electron chi connectivity index (χ1n) is 7.39. The molecular weight excluding hydrogens is 292 g/mol. The summed E-state index contributed by atoms with van der Waals surface area (Å²) in [6, 6.07) is 15.0. The Labute approximate surface area is 133 Å². The number of aromatic nitrogens is 1. The van der Waals surface area contributed by atoms with Crippen LogP contribution < -0.4 is 10.5 Å². The van der Waals surface area contributed by atoms with Crippen molar-refractivity contribution in [2.75, 3.05) is 0 Å². The van der Waals surface area contributed by atoms with E-state index in [0.29, 0.717) is 12.4 Å². The highest BCUT2D eigenvalue weighted by Gasteiger charge is 2.17. The number of rotatable bonds is 6. The Morgan fingerprint density at radius 1 is 1.17 bits per heavy atom. The number of H-pyrrole nitrogens is 1. The lowest BCUT2D eigenvalue weighted by Crippen LogP contribution is -2.14. The van der Waals surface area contributed by atoms with Crippen molar-refractivity contribution in [3.05, 3.63) is 65.9 Å². The normalized spacial score (nSPS) is 12.2. The minimum Gasteiger partial charge on any atom is -0.488 e. The van der Waals surface area contributed by atoms with Crippen molar-refractivity contribution in [2.45, 2.75) is 19.1 Å². The van der Waals surface area contributed by atoms with Crippen molar-refractivity contribution in [1.29, 1.82) is 0 Å². The molecule has 0 fully saturated rings. The van der Waals surface area contributed by atoms with Crippen LogP contribution in [-0.4, -0.2) is 16.1 Å². The van der Waals surface area contributed by atoms with E-state index in [1.807, 2.05) is 48.5 Å². The Morgan fingerprint density at radius 3 is 2.70 bits per heavy atom. The van der Waals surface area contributed by atoms with Crippen LogP contribution in [0.1, 0.15) is 23.6 Å². The number of nitrogens with one attached hydrogen (secondary N) is 1. The van der Waals surface area contributed by atoms with Gasteiger partial charge >= 0.3 is 5.97 Å². The molecule has 1 aromatic heterocycles. The number of carbonyl (C=O) groups is 1. The van der Waals surface area contributed by atoms with Crippen molar-refractivity contribution in [3.63, 3.8) is 0 Å². The van der Waals surface area contributed by atoms with Crippen LogP contribution in [0.15, 0.2) is 54.7 Å². The molecule has 0 aliphatic heterocycles. The fourth-order valence-electron chi connectivity index (χ4n) is 2.62. The highest BCUT2D eigenvalue weighted by molar-refractivity contribution is 5.90.